The first-order chi connectivity index (χ1) is 8.97. The highest BCUT2D eigenvalue weighted by molar-refractivity contribution is 9.09. The quantitative estimate of drug-likeness (QED) is 0.538. The number of hydrogen-bond acceptors (Lipinski definition) is 1. The van der Waals surface area contributed by atoms with Crippen molar-refractivity contribution in [3.05, 3.63) is 29.3 Å². The van der Waals surface area contributed by atoms with Crippen molar-refractivity contribution in [3.8, 4) is 5.75 Å². The van der Waals surface area contributed by atoms with Gasteiger partial charge in [-0.1, -0.05) is 55.3 Å². The minimum absolute atomic E-state index is 0.366. The van der Waals surface area contributed by atoms with Crippen LogP contribution in [0.1, 0.15) is 51.2 Å². The van der Waals surface area contributed by atoms with Gasteiger partial charge in [-0.25, -0.2) is 0 Å². The van der Waals surface area contributed by atoms with Crippen LogP contribution in [-0.2, 0) is 12.8 Å². The Kier molecular flexibility index (Phi) is 4.94. The Morgan fingerprint density at radius 3 is 2.79 bits per heavy atom. The maximum atomic E-state index is 5.54. The maximum Gasteiger partial charge on any atom is 0.122 e. The van der Waals surface area contributed by atoms with Gasteiger partial charge in [0.25, 0.3) is 0 Å². The molecule has 1 aromatic carbocycles. The van der Waals surface area contributed by atoms with Gasteiger partial charge in [0.2, 0.25) is 0 Å². The molecule has 0 saturated heterocycles. The van der Waals surface area contributed by atoms with E-state index in [1.165, 1.54) is 36.8 Å². The fourth-order valence-electron chi connectivity index (χ4n) is 2.48. The molecule has 2 rings (SSSR count). The zero-order valence-electron chi connectivity index (χ0n) is 12.3. The average molecular weight is 325 g/mol. The molecule has 0 spiro atoms. The van der Waals surface area contributed by atoms with E-state index in [1.54, 1.807) is 0 Å². The van der Waals surface area contributed by atoms with Crippen LogP contribution < -0.4 is 4.74 Å². The van der Waals surface area contributed by atoms with Gasteiger partial charge in [-0.3, -0.25) is 0 Å². The zero-order chi connectivity index (χ0) is 13.9. The Bertz CT molecular complexity index is 420. The number of alkyl halides is 1. The molecule has 1 heterocycles. The Morgan fingerprint density at radius 1 is 1.26 bits per heavy atom. The smallest absolute Gasteiger partial charge is 0.122 e. The van der Waals surface area contributed by atoms with Crippen LogP contribution >= 0.6 is 15.9 Å². The third kappa shape index (κ3) is 4.24. The second-order valence-electron chi connectivity index (χ2n) is 6.62. The van der Waals surface area contributed by atoms with Crippen LogP contribution in [0.25, 0.3) is 0 Å². The van der Waals surface area contributed by atoms with E-state index in [0.29, 0.717) is 10.2 Å². The van der Waals surface area contributed by atoms with Gasteiger partial charge in [0.1, 0.15) is 5.75 Å². The average Bonchev–Trinajstić information content (AvgIpc) is 2.80. The minimum Gasteiger partial charge on any atom is -0.493 e. The summed E-state index contributed by atoms with van der Waals surface area (Å²) in [6.07, 6.45) is 6.10. The Labute approximate surface area is 125 Å². The lowest BCUT2D eigenvalue weighted by molar-refractivity contribution is 0.357. The largest absolute Gasteiger partial charge is 0.493 e. The molecular weight excluding hydrogens is 300 g/mol. The summed E-state index contributed by atoms with van der Waals surface area (Å²) in [5.74, 6) is 1.09. The highest BCUT2D eigenvalue weighted by Gasteiger charge is 2.20. The van der Waals surface area contributed by atoms with Gasteiger partial charge >= 0.3 is 0 Å². The number of aryl methyl sites for hydroxylation is 1. The topological polar surface area (TPSA) is 9.23 Å². The molecule has 0 saturated carbocycles. The van der Waals surface area contributed by atoms with Crippen molar-refractivity contribution in [3.63, 3.8) is 0 Å². The monoisotopic (exact) mass is 324 g/mol. The summed E-state index contributed by atoms with van der Waals surface area (Å²) < 4.78 is 5.54. The van der Waals surface area contributed by atoms with E-state index >= 15 is 0 Å². The second kappa shape index (κ2) is 6.30. The van der Waals surface area contributed by atoms with Crippen molar-refractivity contribution in [1.29, 1.82) is 0 Å². The highest BCUT2D eigenvalue weighted by atomic mass is 79.9. The lowest BCUT2D eigenvalue weighted by atomic mass is 9.89. The molecule has 0 radical (unpaired) electrons. The SMILES string of the molecule is CC(C)(C)C(Br)CCCCc1ccc2c(c1)CCO2. The van der Waals surface area contributed by atoms with Crippen molar-refractivity contribution in [2.24, 2.45) is 5.41 Å². The summed E-state index contributed by atoms with van der Waals surface area (Å²) in [5.41, 5.74) is 3.22. The van der Waals surface area contributed by atoms with E-state index in [4.69, 9.17) is 4.74 Å². The molecular formula is C17H25BrO. The van der Waals surface area contributed by atoms with Crippen LogP contribution in [0.3, 0.4) is 0 Å². The fraction of sp³-hybridized carbons (Fsp3) is 0.647. The van der Waals surface area contributed by atoms with Crippen molar-refractivity contribution < 1.29 is 4.74 Å². The van der Waals surface area contributed by atoms with Gasteiger partial charge in [-0.05, 0) is 41.9 Å². The molecule has 1 nitrogen and oxygen atoms in total. The van der Waals surface area contributed by atoms with Crippen LogP contribution in [0, 0.1) is 5.41 Å². The molecule has 0 bridgehead atoms. The summed E-state index contributed by atoms with van der Waals surface area (Å²) in [7, 11) is 0. The molecule has 1 unspecified atom stereocenters. The minimum atomic E-state index is 0.366. The second-order valence-corrected chi connectivity index (χ2v) is 7.73. The molecule has 1 aliphatic heterocycles. The number of ether oxygens (including phenoxy) is 1. The number of fused-ring (bicyclic) bond motifs is 1. The van der Waals surface area contributed by atoms with E-state index in [-0.39, 0.29) is 0 Å². The highest BCUT2D eigenvalue weighted by Crippen LogP contribution is 2.30. The van der Waals surface area contributed by atoms with Crippen LogP contribution in [0.2, 0.25) is 0 Å². The lowest BCUT2D eigenvalue weighted by Gasteiger charge is -2.25. The van der Waals surface area contributed by atoms with Crippen LogP contribution in [0.5, 0.6) is 5.75 Å². The van der Waals surface area contributed by atoms with E-state index < -0.39 is 0 Å². The van der Waals surface area contributed by atoms with Crippen molar-refractivity contribution in [2.45, 2.75) is 57.7 Å². The van der Waals surface area contributed by atoms with Gasteiger partial charge in [-0.2, -0.15) is 0 Å². The maximum absolute atomic E-state index is 5.54. The summed E-state index contributed by atoms with van der Waals surface area (Å²) in [6.45, 7) is 7.75. The number of halogens is 1. The summed E-state index contributed by atoms with van der Waals surface area (Å²) >= 11 is 3.81. The number of benzene rings is 1. The van der Waals surface area contributed by atoms with Crippen molar-refractivity contribution in [1.82, 2.24) is 0 Å². The van der Waals surface area contributed by atoms with Gasteiger partial charge in [0, 0.05) is 11.2 Å². The van der Waals surface area contributed by atoms with E-state index in [2.05, 4.69) is 54.9 Å². The van der Waals surface area contributed by atoms with Crippen LogP contribution in [0.15, 0.2) is 18.2 Å². The molecule has 106 valence electrons. The van der Waals surface area contributed by atoms with Crippen molar-refractivity contribution >= 4 is 15.9 Å². The predicted octanol–water partition coefficient (Wildman–Crippen LogP) is 5.14. The molecule has 0 aliphatic carbocycles. The summed E-state index contributed by atoms with van der Waals surface area (Å²) in [4.78, 5) is 0.619. The number of hydrogen-bond donors (Lipinski definition) is 0. The van der Waals surface area contributed by atoms with Crippen molar-refractivity contribution in [2.75, 3.05) is 6.61 Å². The molecule has 19 heavy (non-hydrogen) atoms. The third-order valence-corrected chi connectivity index (χ3v) is 5.70. The molecule has 0 amide bonds. The first-order valence-corrected chi connectivity index (χ1v) is 8.27. The van der Waals surface area contributed by atoms with E-state index in [9.17, 15) is 0 Å². The van der Waals surface area contributed by atoms with E-state index in [0.717, 1.165) is 18.8 Å². The Morgan fingerprint density at radius 2 is 2.05 bits per heavy atom. The van der Waals surface area contributed by atoms with E-state index in [1.807, 2.05) is 0 Å². The van der Waals surface area contributed by atoms with Gasteiger partial charge in [0.15, 0.2) is 0 Å². The fourth-order valence-corrected chi connectivity index (χ4v) is 2.80. The first-order valence-electron chi connectivity index (χ1n) is 7.35. The molecule has 0 aromatic heterocycles. The van der Waals surface area contributed by atoms with Crippen LogP contribution in [0.4, 0.5) is 0 Å². The number of rotatable bonds is 5. The molecule has 0 fully saturated rings. The Balaban J connectivity index is 1.74. The number of unbranched alkanes of at least 4 members (excludes halogenated alkanes) is 1. The summed E-state index contributed by atoms with van der Waals surface area (Å²) in [6, 6.07) is 6.69. The standard InChI is InChI=1S/C17H25BrO/c1-17(2,3)16(18)7-5-4-6-13-8-9-15-14(12-13)10-11-19-15/h8-9,12,16H,4-7,10-11H2,1-3H3. The summed E-state index contributed by atoms with van der Waals surface area (Å²) in [5, 5.41) is 0. The first kappa shape index (κ1) is 14.9. The molecule has 1 aromatic rings. The molecule has 2 heteroatoms. The lowest BCUT2D eigenvalue weighted by Crippen LogP contribution is -2.19. The van der Waals surface area contributed by atoms with Gasteiger partial charge in [0.05, 0.1) is 6.61 Å². The third-order valence-electron chi connectivity index (χ3n) is 3.87. The zero-order valence-corrected chi connectivity index (χ0v) is 13.9. The normalized spacial score (nSPS) is 16.0. The van der Waals surface area contributed by atoms with Gasteiger partial charge < -0.3 is 4.74 Å². The molecule has 0 N–H and O–H groups in total. The molecule has 1 atom stereocenters. The Hall–Kier alpha value is -0.500. The van der Waals surface area contributed by atoms with Gasteiger partial charge in [-0.15, -0.1) is 0 Å². The molecule has 1 aliphatic rings. The predicted molar refractivity (Wildman–Crippen MR) is 85.4 cm³/mol. The van der Waals surface area contributed by atoms with Crippen LogP contribution in [-0.4, -0.2) is 11.4 Å².